The van der Waals surface area contributed by atoms with Crippen LogP contribution in [0.1, 0.15) is 11.1 Å². The van der Waals surface area contributed by atoms with Crippen molar-refractivity contribution in [2.24, 2.45) is 0 Å². The van der Waals surface area contributed by atoms with Gasteiger partial charge in [-0.15, -0.1) is 0 Å². The highest BCUT2D eigenvalue weighted by Gasteiger charge is 2.18. The van der Waals surface area contributed by atoms with Crippen LogP contribution in [-0.2, 0) is 13.0 Å². The van der Waals surface area contributed by atoms with E-state index >= 15 is 0 Å². The number of hydrogen-bond donors (Lipinski definition) is 2. The van der Waals surface area contributed by atoms with Gasteiger partial charge in [0.25, 0.3) is 0 Å². The van der Waals surface area contributed by atoms with Crippen molar-refractivity contribution in [3.63, 3.8) is 0 Å². The fourth-order valence-corrected chi connectivity index (χ4v) is 4.19. The minimum Gasteiger partial charge on any atom is -0.368 e. The second-order valence-corrected chi connectivity index (χ2v) is 8.30. The van der Waals surface area contributed by atoms with E-state index in [2.05, 4.69) is 39.9 Å². The first-order valence-electron chi connectivity index (χ1n) is 10.6. The van der Waals surface area contributed by atoms with Crippen LogP contribution in [0.5, 0.6) is 0 Å². The lowest BCUT2D eigenvalue weighted by Crippen LogP contribution is -2.40. The van der Waals surface area contributed by atoms with Crippen molar-refractivity contribution < 1.29 is 4.39 Å². The van der Waals surface area contributed by atoms with Crippen LogP contribution in [0.2, 0.25) is 5.02 Å². The third-order valence-electron chi connectivity index (χ3n) is 5.78. The predicted molar refractivity (Wildman–Crippen MR) is 127 cm³/mol. The Kier molecular flexibility index (Phi) is 5.84. The van der Waals surface area contributed by atoms with E-state index in [9.17, 15) is 4.39 Å². The second-order valence-electron chi connectivity index (χ2n) is 7.89. The summed E-state index contributed by atoms with van der Waals surface area (Å²) in [6.07, 6.45) is 4.43. The number of hydrogen-bond acceptors (Lipinski definition) is 4. The normalized spacial score (nSPS) is 15.2. The van der Waals surface area contributed by atoms with Gasteiger partial charge in [0.15, 0.2) is 0 Å². The minimum atomic E-state index is -0.448. The lowest BCUT2D eigenvalue weighted by Gasteiger charge is -2.26. The number of anilines is 1. The molecule has 0 spiro atoms. The van der Waals surface area contributed by atoms with Crippen molar-refractivity contribution in [1.29, 1.82) is 0 Å². The van der Waals surface area contributed by atoms with E-state index in [1.54, 1.807) is 18.5 Å². The van der Waals surface area contributed by atoms with E-state index in [0.717, 1.165) is 47.7 Å². The summed E-state index contributed by atoms with van der Waals surface area (Å²) in [5.74, 6) is 0.325. The number of fused-ring (bicyclic) bond motifs is 1. The van der Waals surface area contributed by atoms with Gasteiger partial charge in [-0.1, -0.05) is 41.9 Å². The SMILES string of the molecule is Fc1cc(-c2ccc(NC[C@@H]3Cc4ccccc4CN3)nc2-c2ccncc2)ccc1Cl. The Morgan fingerprint density at radius 3 is 2.59 bits per heavy atom. The van der Waals surface area contributed by atoms with Crippen LogP contribution in [0.4, 0.5) is 10.2 Å². The summed E-state index contributed by atoms with van der Waals surface area (Å²) < 4.78 is 14.1. The summed E-state index contributed by atoms with van der Waals surface area (Å²) in [5.41, 5.74) is 6.00. The number of rotatable bonds is 5. The Balaban J connectivity index is 1.41. The average Bonchev–Trinajstić information content (AvgIpc) is 2.85. The van der Waals surface area contributed by atoms with Gasteiger partial charge in [-0.2, -0.15) is 0 Å². The second kappa shape index (κ2) is 9.07. The predicted octanol–water partition coefficient (Wildman–Crippen LogP) is 5.73. The van der Waals surface area contributed by atoms with Gasteiger partial charge in [-0.3, -0.25) is 4.98 Å². The molecule has 1 aliphatic rings. The molecule has 6 heteroatoms. The Hall–Kier alpha value is -3.28. The Labute approximate surface area is 191 Å². The molecule has 5 rings (SSSR count). The maximum atomic E-state index is 14.1. The lowest BCUT2D eigenvalue weighted by atomic mass is 9.96. The van der Waals surface area contributed by atoms with Crippen molar-refractivity contribution in [2.75, 3.05) is 11.9 Å². The third kappa shape index (κ3) is 4.35. The van der Waals surface area contributed by atoms with Gasteiger partial charge in [0, 0.05) is 42.7 Å². The molecule has 0 amide bonds. The number of pyridine rings is 2. The number of aromatic nitrogens is 2. The van der Waals surface area contributed by atoms with Crippen LogP contribution >= 0.6 is 11.6 Å². The van der Waals surface area contributed by atoms with E-state index in [4.69, 9.17) is 16.6 Å². The summed E-state index contributed by atoms with van der Waals surface area (Å²) in [6, 6.07) is 21.4. The maximum absolute atomic E-state index is 14.1. The molecule has 0 saturated carbocycles. The van der Waals surface area contributed by atoms with Gasteiger partial charge < -0.3 is 10.6 Å². The molecule has 32 heavy (non-hydrogen) atoms. The van der Waals surface area contributed by atoms with Gasteiger partial charge >= 0.3 is 0 Å². The topological polar surface area (TPSA) is 49.8 Å². The Bertz CT molecular complexity index is 1250. The zero-order valence-electron chi connectivity index (χ0n) is 17.4. The van der Waals surface area contributed by atoms with E-state index in [0.29, 0.717) is 6.04 Å². The van der Waals surface area contributed by atoms with Gasteiger partial charge in [0.2, 0.25) is 0 Å². The summed E-state index contributed by atoms with van der Waals surface area (Å²) in [6.45, 7) is 1.63. The van der Waals surface area contributed by atoms with Crippen LogP contribution in [0, 0.1) is 5.82 Å². The molecule has 2 aromatic heterocycles. The van der Waals surface area contributed by atoms with E-state index < -0.39 is 5.82 Å². The van der Waals surface area contributed by atoms with Gasteiger partial charge in [0.1, 0.15) is 11.6 Å². The Morgan fingerprint density at radius 1 is 0.969 bits per heavy atom. The molecule has 2 aromatic carbocycles. The quantitative estimate of drug-likeness (QED) is 0.412. The van der Waals surface area contributed by atoms with Crippen LogP contribution < -0.4 is 10.6 Å². The van der Waals surface area contributed by atoms with Gasteiger partial charge in [-0.25, -0.2) is 9.37 Å². The van der Waals surface area contributed by atoms with E-state index in [1.165, 1.54) is 17.2 Å². The number of nitrogens with zero attached hydrogens (tertiary/aromatic N) is 2. The van der Waals surface area contributed by atoms with Crippen LogP contribution in [0.15, 0.2) is 79.1 Å². The van der Waals surface area contributed by atoms with Crippen molar-refractivity contribution in [1.82, 2.24) is 15.3 Å². The van der Waals surface area contributed by atoms with Gasteiger partial charge in [-0.05, 0) is 59.5 Å². The molecule has 0 fully saturated rings. The molecular formula is C26H22ClFN4. The molecule has 0 saturated heterocycles. The highest BCUT2D eigenvalue weighted by atomic mass is 35.5. The molecule has 2 N–H and O–H groups in total. The zero-order chi connectivity index (χ0) is 21.9. The molecular weight excluding hydrogens is 423 g/mol. The van der Waals surface area contributed by atoms with Crippen LogP contribution in [0.3, 0.4) is 0 Å². The zero-order valence-corrected chi connectivity index (χ0v) is 18.1. The first-order valence-corrected chi connectivity index (χ1v) is 11.0. The highest BCUT2D eigenvalue weighted by Crippen LogP contribution is 2.33. The minimum absolute atomic E-state index is 0.104. The van der Waals surface area contributed by atoms with Crippen LogP contribution in [-0.4, -0.2) is 22.6 Å². The smallest absolute Gasteiger partial charge is 0.142 e. The Morgan fingerprint density at radius 2 is 1.78 bits per heavy atom. The molecule has 1 aliphatic heterocycles. The van der Waals surface area contributed by atoms with Crippen molar-refractivity contribution >= 4 is 17.4 Å². The van der Waals surface area contributed by atoms with E-state index in [-0.39, 0.29) is 5.02 Å². The standard InChI is InChI=1S/C26H22ClFN4/c27-23-7-5-19(14-24(23)28)22-6-8-25(32-26(22)17-9-11-29-12-10-17)31-16-21-13-18-3-1-2-4-20(18)15-30-21/h1-12,14,21,30H,13,15-16H2,(H,31,32)/t21-/m0/s1. The lowest BCUT2D eigenvalue weighted by molar-refractivity contribution is 0.497. The molecule has 4 nitrogen and oxygen atoms in total. The molecule has 0 radical (unpaired) electrons. The fraction of sp³-hybridized carbons (Fsp3) is 0.154. The molecule has 0 aliphatic carbocycles. The molecule has 0 unspecified atom stereocenters. The summed E-state index contributed by atoms with van der Waals surface area (Å²) >= 11 is 5.88. The summed E-state index contributed by atoms with van der Waals surface area (Å²) in [4.78, 5) is 8.99. The molecule has 4 aromatic rings. The van der Waals surface area contributed by atoms with E-state index in [1.807, 2.05) is 30.3 Å². The van der Waals surface area contributed by atoms with Crippen molar-refractivity contribution in [2.45, 2.75) is 19.0 Å². The molecule has 160 valence electrons. The molecule has 1 atom stereocenters. The number of halogens is 2. The number of nitrogens with one attached hydrogen (secondary N) is 2. The fourth-order valence-electron chi connectivity index (χ4n) is 4.08. The molecule has 3 heterocycles. The van der Waals surface area contributed by atoms with Crippen molar-refractivity contribution in [3.8, 4) is 22.4 Å². The summed E-state index contributed by atoms with van der Waals surface area (Å²) in [5, 5.41) is 7.16. The molecule has 0 bridgehead atoms. The summed E-state index contributed by atoms with van der Waals surface area (Å²) in [7, 11) is 0. The highest BCUT2D eigenvalue weighted by molar-refractivity contribution is 6.30. The number of benzene rings is 2. The largest absolute Gasteiger partial charge is 0.368 e. The van der Waals surface area contributed by atoms with Crippen LogP contribution in [0.25, 0.3) is 22.4 Å². The first-order chi connectivity index (χ1) is 15.7. The first kappa shape index (κ1) is 20.6. The van der Waals surface area contributed by atoms with Gasteiger partial charge in [0.05, 0.1) is 10.7 Å². The average molecular weight is 445 g/mol. The monoisotopic (exact) mass is 444 g/mol. The van der Waals surface area contributed by atoms with Crippen molar-refractivity contribution in [3.05, 3.63) is 101 Å². The maximum Gasteiger partial charge on any atom is 0.142 e. The third-order valence-corrected chi connectivity index (χ3v) is 6.08.